The molecule has 0 bridgehead atoms. The van der Waals surface area contributed by atoms with E-state index in [-0.39, 0.29) is 5.78 Å². The van der Waals surface area contributed by atoms with E-state index in [2.05, 4.69) is 6.92 Å². The number of furan rings is 1. The van der Waals surface area contributed by atoms with Crippen LogP contribution in [0.15, 0.2) is 34.7 Å². The van der Waals surface area contributed by atoms with Crippen LogP contribution in [0.4, 0.5) is 0 Å². The zero-order chi connectivity index (χ0) is 13.8. The molecule has 2 nitrogen and oxygen atoms in total. The second-order valence-corrected chi connectivity index (χ2v) is 4.96. The fourth-order valence-electron chi connectivity index (χ4n) is 2.22. The lowest BCUT2D eigenvalue weighted by Crippen LogP contribution is -2.01. The molecular formula is C17H20O2. The van der Waals surface area contributed by atoms with E-state index in [1.165, 1.54) is 18.4 Å². The monoisotopic (exact) mass is 256 g/mol. The van der Waals surface area contributed by atoms with Crippen molar-refractivity contribution in [2.24, 2.45) is 0 Å². The lowest BCUT2D eigenvalue weighted by molar-refractivity contribution is 0.103. The van der Waals surface area contributed by atoms with Gasteiger partial charge in [0.1, 0.15) is 11.5 Å². The summed E-state index contributed by atoms with van der Waals surface area (Å²) < 4.78 is 5.41. The molecule has 2 rings (SSSR count). The largest absolute Gasteiger partial charge is 0.466 e. The van der Waals surface area contributed by atoms with Crippen LogP contribution in [0.2, 0.25) is 0 Å². The fourth-order valence-corrected chi connectivity index (χ4v) is 2.22. The van der Waals surface area contributed by atoms with E-state index in [9.17, 15) is 4.79 Å². The van der Waals surface area contributed by atoms with Crippen LogP contribution in [0, 0.1) is 13.8 Å². The molecule has 0 aliphatic rings. The maximum absolute atomic E-state index is 12.3. The summed E-state index contributed by atoms with van der Waals surface area (Å²) in [6, 6.07) is 9.73. The van der Waals surface area contributed by atoms with Gasteiger partial charge in [-0.3, -0.25) is 4.79 Å². The van der Waals surface area contributed by atoms with Gasteiger partial charge in [0, 0.05) is 5.56 Å². The van der Waals surface area contributed by atoms with Crippen molar-refractivity contribution < 1.29 is 9.21 Å². The number of unbranched alkanes of at least 4 members (excludes halogenated alkanes) is 1. The van der Waals surface area contributed by atoms with E-state index in [0.29, 0.717) is 11.3 Å². The van der Waals surface area contributed by atoms with Gasteiger partial charge in [0.05, 0.1) is 5.56 Å². The van der Waals surface area contributed by atoms with E-state index in [4.69, 9.17) is 4.42 Å². The van der Waals surface area contributed by atoms with Gasteiger partial charge >= 0.3 is 0 Å². The Kier molecular flexibility index (Phi) is 4.20. The molecule has 0 amide bonds. The van der Waals surface area contributed by atoms with Crippen molar-refractivity contribution >= 4 is 5.78 Å². The number of hydrogen-bond donors (Lipinski definition) is 0. The highest BCUT2D eigenvalue weighted by molar-refractivity contribution is 6.09. The zero-order valence-corrected chi connectivity index (χ0v) is 11.8. The molecule has 1 heterocycles. The van der Waals surface area contributed by atoms with Crippen molar-refractivity contribution in [2.45, 2.75) is 40.0 Å². The van der Waals surface area contributed by atoms with Gasteiger partial charge in [0.25, 0.3) is 0 Å². The van der Waals surface area contributed by atoms with Gasteiger partial charge in [-0.1, -0.05) is 37.6 Å². The number of ketones is 1. The molecular weight excluding hydrogens is 236 g/mol. The third-order valence-electron chi connectivity index (χ3n) is 3.32. The average molecular weight is 256 g/mol. The summed E-state index contributed by atoms with van der Waals surface area (Å²) in [5, 5.41) is 0. The topological polar surface area (TPSA) is 30.2 Å². The number of rotatable bonds is 5. The lowest BCUT2D eigenvalue weighted by atomic mass is 10.0. The summed E-state index contributed by atoms with van der Waals surface area (Å²) in [6.07, 6.45) is 3.45. The predicted octanol–water partition coefficient (Wildman–Crippen LogP) is 4.47. The van der Waals surface area contributed by atoms with Crippen LogP contribution in [0.3, 0.4) is 0 Å². The summed E-state index contributed by atoms with van der Waals surface area (Å²) in [5.74, 6) is 1.51. The number of aryl methyl sites for hydroxylation is 3. The zero-order valence-electron chi connectivity index (χ0n) is 11.8. The van der Waals surface area contributed by atoms with Gasteiger partial charge in [-0.15, -0.1) is 0 Å². The van der Waals surface area contributed by atoms with Crippen LogP contribution >= 0.6 is 0 Å². The molecule has 0 spiro atoms. The first-order valence-electron chi connectivity index (χ1n) is 6.82. The van der Waals surface area contributed by atoms with E-state index < -0.39 is 0 Å². The van der Waals surface area contributed by atoms with Crippen molar-refractivity contribution in [1.82, 2.24) is 0 Å². The second kappa shape index (κ2) is 5.87. The Labute approximate surface area is 114 Å². The molecule has 0 fully saturated rings. The minimum absolute atomic E-state index is 0.0383. The molecule has 100 valence electrons. The highest BCUT2D eigenvalue weighted by Gasteiger charge is 2.15. The average Bonchev–Trinajstić information content (AvgIpc) is 2.75. The molecule has 0 radical (unpaired) electrons. The van der Waals surface area contributed by atoms with Gasteiger partial charge in [-0.05, 0) is 38.3 Å². The minimum Gasteiger partial charge on any atom is -0.466 e. The SMILES string of the molecule is CCCCc1ccc(C(=O)c2cc(C)oc2C)cc1. The van der Waals surface area contributed by atoms with E-state index >= 15 is 0 Å². The van der Waals surface area contributed by atoms with Crippen molar-refractivity contribution in [3.63, 3.8) is 0 Å². The van der Waals surface area contributed by atoms with E-state index in [1.54, 1.807) is 0 Å². The normalized spacial score (nSPS) is 10.7. The van der Waals surface area contributed by atoms with Gasteiger partial charge in [0.15, 0.2) is 5.78 Å². The van der Waals surface area contributed by atoms with Gasteiger partial charge in [-0.2, -0.15) is 0 Å². The highest BCUT2D eigenvalue weighted by atomic mass is 16.3. The Hall–Kier alpha value is -1.83. The third-order valence-corrected chi connectivity index (χ3v) is 3.32. The highest BCUT2D eigenvalue weighted by Crippen LogP contribution is 2.18. The fraction of sp³-hybridized carbons (Fsp3) is 0.353. The number of hydrogen-bond acceptors (Lipinski definition) is 2. The summed E-state index contributed by atoms with van der Waals surface area (Å²) in [5.41, 5.74) is 2.68. The van der Waals surface area contributed by atoms with Crippen molar-refractivity contribution in [3.05, 3.63) is 58.5 Å². The first-order valence-corrected chi connectivity index (χ1v) is 6.82. The number of carbonyl (C=O) groups is 1. The van der Waals surface area contributed by atoms with E-state index in [0.717, 1.165) is 17.7 Å². The minimum atomic E-state index is 0.0383. The number of carbonyl (C=O) groups excluding carboxylic acids is 1. The first kappa shape index (κ1) is 13.6. The Morgan fingerprint density at radius 2 is 1.84 bits per heavy atom. The van der Waals surface area contributed by atoms with Crippen LogP contribution < -0.4 is 0 Å². The Bertz CT molecular complexity index is 561. The van der Waals surface area contributed by atoms with Crippen molar-refractivity contribution in [3.8, 4) is 0 Å². The first-order chi connectivity index (χ1) is 9.11. The molecule has 0 unspecified atom stereocenters. The summed E-state index contributed by atoms with van der Waals surface area (Å²) in [4.78, 5) is 12.3. The van der Waals surface area contributed by atoms with Crippen LogP contribution in [0.1, 0.15) is 52.8 Å². The standard InChI is InChI=1S/C17H20O2/c1-4-5-6-14-7-9-15(10-8-14)17(18)16-11-12(2)19-13(16)3/h7-11H,4-6H2,1-3H3. The van der Waals surface area contributed by atoms with Crippen molar-refractivity contribution in [1.29, 1.82) is 0 Å². The summed E-state index contributed by atoms with van der Waals surface area (Å²) in [6.45, 7) is 5.87. The molecule has 0 saturated carbocycles. The van der Waals surface area contributed by atoms with E-state index in [1.807, 2.05) is 44.2 Å². The van der Waals surface area contributed by atoms with Gasteiger partial charge in [0.2, 0.25) is 0 Å². The van der Waals surface area contributed by atoms with Crippen LogP contribution in [0.25, 0.3) is 0 Å². The molecule has 0 aliphatic carbocycles. The molecule has 1 aromatic heterocycles. The number of benzene rings is 1. The smallest absolute Gasteiger partial charge is 0.196 e. The van der Waals surface area contributed by atoms with Crippen LogP contribution in [-0.4, -0.2) is 5.78 Å². The molecule has 2 heteroatoms. The van der Waals surface area contributed by atoms with Crippen LogP contribution in [-0.2, 0) is 6.42 Å². The lowest BCUT2D eigenvalue weighted by Gasteiger charge is -2.03. The maximum Gasteiger partial charge on any atom is 0.196 e. The molecule has 0 saturated heterocycles. The second-order valence-electron chi connectivity index (χ2n) is 4.96. The molecule has 0 aliphatic heterocycles. The predicted molar refractivity (Wildman–Crippen MR) is 76.7 cm³/mol. The van der Waals surface area contributed by atoms with Crippen molar-refractivity contribution in [2.75, 3.05) is 0 Å². The molecule has 0 atom stereocenters. The molecule has 2 aromatic rings. The summed E-state index contributed by atoms with van der Waals surface area (Å²) >= 11 is 0. The maximum atomic E-state index is 12.3. The Balaban J connectivity index is 2.18. The third kappa shape index (κ3) is 3.14. The quantitative estimate of drug-likeness (QED) is 0.739. The summed E-state index contributed by atoms with van der Waals surface area (Å²) in [7, 11) is 0. The molecule has 19 heavy (non-hydrogen) atoms. The van der Waals surface area contributed by atoms with Gasteiger partial charge < -0.3 is 4.42 Å². The molecule has 0 N–H and O–H groups in total. The van der Waals surface area contributed by atoms with Crippen LogP contribution in [0.5, 0.6) is 0 Å². The van der Waals surface area contributed by atoms with Gasteiger partial charge in [-0.25, -0.2) is 0 Å². The molecule has 1 aromatic carbocycles. The Morgan fingerprint density at radius 3 is 2.37 bits per heavy atom. The Morgan fingerprint density at radius 1 is 1.16 bits per heavy atom.